The predicted molar refractivity (Wildman–Crippen MR) is 84.3 cm³/mol. The van der Waals surface area contributed by atoms with Gasteiger partial charge in [0.15, 0.2) is 0 Å². The van der Waals surface area contributed by atoms with E-state index in [2.05, 4.69) is 12.2 Å². The molecule has 0 bridgehead atoms. The molecule has 2 atom stereocenters. The van der Waals surface area contributed by atoms with Crippen LogP contribution < -0.4 is 15.8 Å². The molecule has 0 radical (unpaired) electrons. The predicted octanol–water partition coefficient (Wildman–Crippen LogP) is 2.56. The second kappa shape index (κ2) is 8.82. The van der Waals surface area contributed by atoms with Crippen LogP contribution in [-0.2, 0) is 11.3 Å². The number of aryl methyl sites for hydroxylation is 1. The summed E-state index contributed by atoms with van der Waals surface area (Å²) in [6.45, 7) is 8.24. The standard InChI is InChI=1S/C15H24N2O2.ClH/c1-5-11(3)19-14-8-10(2)6-7-13(14)9-17-15(18)12(4)16;/h6-8,11-12H,5,9,16H2,1-4H3,(H,17,18);1H/t11?,12-;/m1./s1. The zero-order chi connectivity index (χ0) is 14.4. The Morgan fingerprint density at radius 3 is 2.60 bits per heavy atom. The number of carbonyl (C=O) groups excluding carboxylic acids is 1. The monoisotopic (exact) mass is 300 g/mol. The van der Waals surface area contributed by atoms with Crippen LogP contribution in [0.4, 0.5) is 0 Å². The normalized spacial score (nSPS) is 13.1. The minimum atomic E-state index is -0.496. The van der Waals surface area contributed by atoms with E-state index in [9.17, 15) is 4.79 Å². The van der Waals surface area contributed by atoms with Gasteiger partial charge in [-0.3, -0.25) is 4.79 Å². The molecule has 0 fully saturated rings. The van der Waals surface area contributed by atoms with Crippen molar-refractivity contribution in [1.29, 1.82) is 0 Å². The maximum atomic E-state index is 11.5. The Hall–Kier alpha value is -1.26. The van der Waals surface area contributed by atoms with Gasteiger partial charge in [0.1, 0.15) is 5.75 Å². The van der Waals surface area contributed by atoms with Gasteiger partial charge in [0.2, 0.25) is 5.91 Å². The zero-order valence-corrected chi connectivity index (χ0v) is 13.4. The summed E-state index contributed by atoms with van der Waals surface area (Å²) in [7, 11) is 0. The first kappa shape index (κ1) is 18.7. The summed E-state index contributed by atoms with van der Waals surface area (Å²) in [6.07, 6.45) is 1.10. The van der Waals surface area contributed by atoms with Gasteiger partial charge in [0.25, 0.3) is 0 Å². The molecule has 1 amide bonds. The Morgan fingerprint density at radius 1 is 1.40 bits per heavy atom. The summed E-state index contributed by atoms with van der Waals surface area (Å²) < 4.78 is 5.89. The Bertz CT molecular complexity index is 436. The SMILES string of the molecule is CCC(C)Oc1cc(C)ccc1CNC(=O)[C@@H](C)N.Cl. The van der Waals surface area contributed by atoms with Gasteiger partial charge >= 0.3 is 0 Å². The molecule has 1 aromatic carbocycles. The van der Waals surface area contributed by atoms with Crippen LogP contribution >= 0.6 is 12.4 Å². The minimum absolute atomic E-state index is 0. The van der Waals surface area contributed by atoms with Gasteiger partial charge in [-0.1, -0.05) is 19.1 Å². The lowest BCUT2D eigenvalue weighted by Crippen LogP contribution is -2.37. The number of hydrogen-bond donors (Lipinski definition) is 2. The van der Waals surface area contributed by atoms with Gasteiger partial charge in [0, 0.05) is 12.1 Å². The lowest BCUT2D eigenvalue weighted by atomic mass is 10.1. The molecule has 4 nitrogen and oxygen atoms in total. The molecular weight excluding hydrogens is 276 g/mol. The van der Waals surface area contributed by atoms with E-state index < -0.39 is 6.04 Å². The molecule has 20 heavy (non-hydrogen) atoms. The van der Waals surface area contributed by atoms with Crippen LogP contribution in [0, 0.1) is 6.92 Å². The van der Waals surface area contributed by atoms with Crippen molar-refractivity contribution in [3.05, 3.63) is 29.3 Å². The summed E-state index contributed by atoms with van der Waals surface area (Å²) in [4.78, 5) is 11.5. The van der Waals surface area contributed by atoms with E-state index in [1.807, 2.05) is 32.0 Å². The maximum absolute atomic E-state index is 11.5. The number of hydrogen-bond acceptors (Lipinski definition) is 3. The molecular formula is C15H25ClN2O2. The van der Waals surface area contributed by atoms with E-state index in [-0.39, 0.29) is 24.4 Å². The van der Waals surface area contributed by atoms with Crippen molar-refractivity contribution < 1.29 is 9.53 Å². The Kier molecular flexibility index (Phi) is 8.26. The number of benzene rings is 1. The lowest BCUT2D eigenvalue weighted by molar-refractivity contribution is -0.122. The molecule has 1 unspecified atom stereocenters. The lowest BCUT2D eigenvalue weighted by Gasteiger charge is -2.17. The van der Waals surface area contributed by atoms with E-state index in [0.29, 0.717) is 6.54 Å². The largest absolute Gasteiger partial charge is 0.490 e. The molecule has 0 aliphatic heterocycles. The highest BCUT2D eigenvalue weighted by atomic mass is 35.5. The van der Waals surface area contributed by atoms with E-state index in [4.69, 9.17) is 10.5 Å². The molecule has 0 aromatic heterocycles. The Labute approximate surface area is 127 Å². The molecule has 0 saturated carbocycles. The average Bonchev–Trinajstić information content (AvgIpc) is 2.37. The number of nitrogens with two attached hydrogens (primary N) is 1. The third kappa shape index (κ3) is 5.80. The van der Waals surface area contributed by atoms with E-state index in [0.717, 1.165) is 23.3 Å². The molecule has 0 heterocycles. The number of halogens is 1. The summed E-state index contributed by atoms with van der Waals surface area (Å²) in [6, 6.07) is 5.50. The van der Waals surface area contributed by atoms with Gasteiger partial charge in [-0.2, -0.15) is 0 Å². The highest BCUT2D eigenvalue weighted by molar-refractivity contribution is 5.85. The van der Waals surface area contributed by atoms with E-state index in [1.165, 1.54) is 0 Å². The summed E-state index contributed by atoms with van der Waals surface area (Å²) >= 11 is 0. The second-order valence-electron chi connectivity index (χ2n) is 4.95. The zero-order valence-electron chi connectivity index (χ0n) is 12.6. The van der Waals surface area contributed by atoms with Gasteiger partial charge < -0.3 is 15.8 Å². The molecule has 0 spiro atoms. The van der Waals surface area contributed by atoms with E-state index in [1.54, 1.807) is 6.92 Å². The fourth-order valence-corrected chi connectivity index (χ4v) is 1.56. The molecule has 0 saturated heterocycles. The van der Waals surface area contributed by atoms with Crippen molar-refractivity contribution in [2.45, 2.75) is 52.8 Å². The van der Waals surface area contributed by atoms with Crippen molar-refractivity contribution in [1.82, 2.24) is 5.32 Å². The topological polar surface area (TPSA) is 64.3 Å². The van der Waals surface area contributed by atoms with E-state index >= 15 is 0 Å². The first-order chi connectivity index (χ1) is 8.93. The summed E-state index contributed by atoms with van der Waals surface area (Å²) in [5.41, 5.74) is 7.63. The Balaban J connectivity index is 0.00000361. The quantitative estimate of drug-likeness (QED) is 0.848. The highest BCUT2D eigenvalue weighted by Crippen LogP contribution is 2.22. The average molecular weight is 301 g/mol. The fourth-order valence-electron chi connectivity index (χ4n) is 1.56. The fraction of sp³-hybridized carbons (Fsp3) is 0.533. The van der Waals surface area contributed by atoms with Gasteiger partial charge in [-0.25, -0.2) is 0 Å². The molecule has 114 valence electrons. The molecule has 1 aromatic rings. The van der Waals surface area contributed by atoms with Crippen LogP contribution in [0.3, 0.4) is 0 Å². The van der Waals surface area contributed by atoms with Gasteiger partial charge in [-0.15, -0.1) is 12.4 Å². The van der Waals surface area contributed by atoms with Crippen molar-refractivity contribution >= 4 is 18.3 Å². The van der Waals surface area contributed by atoms with Crippen molar-refractivity contribution in [2.24, 2.45) is 5.73 Å². The number of ether oxygens (including phenoxy) is 1. The maximum Gasteiger partial charge on any atom is 0.236 e. The number of nitrogens with one attached hydrogen (secondary N) is 1. The van der Waals surface area contributed by atoms with Crippen LogP contribution in [0.2, 0.25) is 0 Å². The third-order valence-corrected chi connectivity index (χ3v) is 2.99. The molecule has 3 N–H and O–H groups in total. The van der Waals surface area contributed by atoms with Crippen molar-refractivity contribution in [3.63, 3.8) is 0 Å². The van der Waals surface area contributed by atoms with Crippen molar-refractivity contribution in [2.75, 3.05) is 0 Å². The van der Waals surface area contributed by atoms with Crippen LogP contribution in [0.15, 0.2) is 18.2 Å². The molecule has 0 aliphatic rings. The van der Waals surface area contributed by atoms with Crippen LogP contribution in [0.1, 0.15) is 38.3 Å². The molecule has 5 heteroatoms. The van der Waals surface area contributed by atoms with Crippen molar-refractivity contribution in [3.8, 4) is 5.75 Å². The molecule has 1 rings (SSSR count). The number of carbonyl (C=O) groups is 1. The minimum Gasteiger partial charge on any atom is -0.490 e. The second-order valence-corrected chi connectivity index (χ2v) is 4.95. The highest BCUT2D eigenvalue weighted by Gasteiger charge is 2.11. The van der Waals surface area contributed by atoms with Crippen LogP contribution in [-0.4, -0.2) is 18.1 Å². The van der Waals surface area contributed by atoms with Gasteiger partial charge in [-0.05, 0) is 38.8 Å². The van der Waals surface area contributed by atoms with Gasteiger partial charge in [0.05, 0.1) is 12.1 Å². The van der Waals surface area contributed by atoms with Crippen LogP contribution in [0.5, 0.6) is 5.75 Å². The first-order valence-corrected chi connectivity index (χ1v) is 6.73. The smallest absolute Gasteiger partial charge is 0.236 e. The third-order valence-electron chi connectivity index (χ3n) is 2.99. The summed E-state index contributed by atoms with van der Waals surface area (Å²) in [5.74, 6) is 0.675. The Morgan fingerprint density at radius 2 is 2.05 bits per heavy atom. The van der Waals surface area contributed by atoms with Crippen LogP contribution in [0.25, 0.3) is 0 Å². The number of rotatable bonds is 6. The molecule has 0 aliphatic carbocycles. The number of amides is 1. The first-order valence-electron chi connectivity index (χ1n) is 6.73. The summed E-state index contributed by atoms with van der Waals surface area (Å²) in [5, 5.41) is 2.81.